The van der Waals surface area contributed by atoms with Gasteiger partial charge in [0.1, 0.15) is 11.8 Å². The smallest absolute Gasteiger partial charge is 0.245 e. The number of nitrogens with zero attached hydrogens (tertiary/aromatic N) is 2. The van der Waals surface area contributed by atoms with Crippen LogP contribution in [0.25, 0.3) is 11.6 Å². The summed E-state index contributed by atoms with van der Waals surface area (Å²) < 4.78 is 5.64. The molecule has 2 aromatic heterocycles. The molecule has 0 amide bonds. The molecule has 3 aromatic rings. The molecule has 3 rings (SSSR count). The largest absolute Gasteiger partial charge is 0.437 e. The van der Waals surface area contributed by atoms with E-state index in [0.29, 0.717) is 23.8 Å². The Labute approximate surface area is 148 Å². The van der Waals surface area contributed by atoms with Gasteiger partial charge in [0.2, 0.25) is 5.89 Å². The third kappa shape index (κ3) is 5.26. The van der Waals surface area contributed by atoms with E-state index in [0.717, 1.165) is 19.3 Å². The van der Waals surface area contributed by atoms with Crippen molar-refractivity contribution < 1.29 is 9.52 Å². The second-order valence-electron chi connectivity index (χ2n) is 6.24. The Morgan fingerprint density at radius 3 is 2.48 bits per heavy atom. The molecule has 1 N–H and O–H groups in total. The van der Waals surface area contributed by atoms with Crippen molar-refractivity contribution in [2.24, 2.45) is 0 Å². The Bertz CT molecular complexity index is 741. The molecule has 1 unspecified atom stereocenters. The highest BCUT2D eigenvalue weighted by atomic mass is 16.4. The molecule has 0 radical (unpaired) electrons. The molecule has 130 valence electrons. The predicted octanol–water partition coefficient (Wildman–Crippen LogP) is 4.96. The summed E-state index contributed by atoms with van der Waals surface area (Å²) in [4.78, 5) is 8.41. The van der Waals surface area contributed by atoms with Crippen molar-refractivity contribution in [3.8, 4) is 11.6 Å². The maximum absolute atomic E-state index is 10.3. The highest BCUT2D eigenvalue weighted by Gasteiger charge is 2.14. The van der Waals surface area contributed by atoms with E-state index >= 15 is 0 Å². The van der Waals surface area contributed by atoms with Crippen LogP contribution in [-0.2, 0) is 6.42 Å². The van der Waals surface area contributed by atoms with E-state index in [-0.39, 0.29) is 0 Å². The van der Waals surface area contributed by atoms with Gasteiger partial charge in [-0.15, -0.1) is 0 Å². The van der Waals surface area contributed by atoms with Crippen molar-refractivity contribution >= 4 is 0 Å². The molecule has 4 nitrogen and oxygen atoms in total. The zero-order valence-electron chi connectivity index (χ0n) is 14.3. The second kappa shape index (κ2) is 9.14. The Morgan fingerprint density at radius 1 is 0.880 bits per heavy atom. The van der Waals surface area contributed by atoms with Gasteiger partial charge in [-0.25, -0.2) is 4.98 Å². The lowest BCUT2D eigenvalue weighted by Crippen LogP contribution is -1.95. The van der Waals surface area contributed by atoms with Crippen molar-refractivity contribution in [2.45, 2.75) is 44.6 Å². The van der Waals surface area contributed by atoms with E-state index in [4.69, 9.17) is 4.42 Å². The average molecular weight is 336 g/mol. The Morgan fingerprint density at radius 2 is 1.68 bits per heavy atom. The number of aryl methyl sites for hydroxylation is 1. The number of unbranched alkanes of at least 4 members (excludes halogenated alkanes) is 3. The van der Waals surface area contributed by atoms with Crippen LogP contribution in [0.1, 0.15) is 49.5 Å². The van der Waals surface area contributed by atoms with E-state index in [1.807, 2.05) is 24.3 Å². The van der Waals surface area contributed by atoms with Gasteiger partial charge >= 0.3 is 0 Å². The van der Waals surface area contributed by atoms with Crippen LogP contribution in [0.4, 0.5) is 0 Å². The summed E-state index contributed by atoms with van der Waals surface area (Å²) in [6.45, 7) is 0. The van der Waals surface area contributed by atoms with E-state index in [2.05, 4.69) is 34.2 Å². The molecule has 0 bridgehead atoms. The maximum Gasteiger partial charge on any atom is 0.245 e. The van der Waals surface area contributed by atoms with Crippen molar-refractivity contribution in [3.05, 3.63) is 72.2 Å². The van der Waals surface area contributed by atoms with Gasteiger partial charge in [0.05, 0.1) is 6.20 Å². The SMILES string of the molecule is OC(CCCCCCc1ccccc1)c1cnc(-c2ccccn2)o1. The summed E-state index contributed by atoms with van der Waals surface area (Å²) >= 11 is 0. The predicted molar refractivity (Wildman–Crippen MR) is 97.9 cm³/mol. The molecule has 25 heavy (non-hydrogen) atoms. The molecule has 2 heterocycles. The summed E-state index contributed by atoms with van der Waals surface area (Å²) in [6.07, 6.45) is 8.99. The molecule has 1 aromatic carbocycles. The first kappa shape index (κ1) is 17.4. The van der Waals surface area contributed by atoms with Crippen LogP contribution < -0.4 is 0 Å². The van der Waals surface area contributed by atoms with E-state index < -0.39 is 6.10 Å². The number of hydrogen-bond acceptors (Lipinski definition) is 4. The number of hydrogen-bond donors (Lipinski definition) is 1. The van der Waals surface area contributed by atoms with Gasteiger partial charge in [-0.3, -0.25) is 4.98 Å². The summed E-state index contributed by atoms with van der Waals surface area (Å²) in [5.41, 5.74) is 2.08. The van der Waals surface area contributed by atoms with Crippen LogP contribution in [0, 0.1) is 0 Å². The Balaban J connectivity index is 1.37. The van der Waals surface area contributed by atoms with Crippen LogP contribution in [0.2, 0.25) is 0 Å². The molecule has 0 saturated carbocycles. The Kier molecular flexibility index (Phi) is 6.35. The lowest BCUT2D eigenvalue weighted by Gasteiger charge is -2.07. The van der Waals surface area contributed by atoms with Gasteiger partial charge < -0.3 is 9.52 Å². The number of pyridine rings is 1. The average Bonchev–Trinajstić information content (AvgIpc) is 3.16. The van der Waals surface area contributed by atoms with Gasteiger partial charge in [0.25, 0.3) is 0 Å². The third-order valence-electron chi connectivity index (χ3n) is 4.27. The fraction of sp³-hybridized carbons (Fsp3) is 0.333. The van der Waals surface area contributed by atoms with Crippen LogP contribution in [0.3, 0.4) is 0 Å². The fourth-order valence-electron chi connectivity index (χ4n) is 2.86. The zero-order chi connectivity index (χ0) is 17.3. The quantitative estimate of drug-likeness (QED) is 0.561. The van der Waals surface area contributed by atoms with Gasteiger partial charge in [0.15, 0.2) is 5.76 Å². The first-order valence-electron chi connectivity index (χ1n) is 8.92. The van der Waals surface area contributed by atoms with Crippen molar-refractivity contribution in [1.82, 2.24) is 9.97 Å². The minimum absolute atomic E-state index is 0.456. The molecule has 0 aliphatic rings. The molecular weight excluding hydrogens is 312 g/mol. The minimum Gasteiger partial charge on any atom is -0.437 e. The number of oxazole rings is 1. The first-order chi connectivity index (χ1) is 12.3. The number of rotatable bonds is 9. The fourth-order valence-corrected chi connectivity index (χ4v) is 2.86. The van der Waals surface area contributed by atoms with Gasteiger partial charge in [-0.2, -0.15) is 0 Å². The van der Waals surface area contributed by atoms with Crippen molar-refractivity contribution in [3.63, 3.8) is 0 Å². The van der Waals surface area contributed by atoms with Crippen LogP contribution >= 0.6 is 0 Å². The molecule has 0 fully saturated rings. The van der Waals surface area contributed by atoms with Gasteiger partial charge in [-0.1, -0.05) is 55.7 Å². The number of aromatic nitrogens is 2. The first-order valence-corrected chi connectivity index (χ1v) is 8.92. The molecule has 0 aliphatic heterocycles. The third-order valence-corrected chi connectivity index (χ3v) is 4.27. The monoisotopic (exact) mass is 336 g/mol. The van der Waals surface area contributed by atoms with Gasteiger partial charge in [-0.05, 0) is 37.0 Å². The molecule has 0 spiro atoms. The van der Waals surface area contributed by atoms with Crippen molar-refractivity contribution in [1.29, 1.82) is 0 Å². The molecule has 1 atom stereocenters. The topological polar surface area (TPSA) is 59.2 Å². The standard InChI is InChI=1S/C21H24N2O2/c24-19(14-7-2-1-4-10-17-11-5-3-6-12-17)20-16-23-21(25-20)18-13-8-9-15-22-18/h3,5-6,8-9,11-13,15-16,19,24H,1-2,4,7,10,14H2. The normalized spacial score (nSPS) is 12.2. The number of aliphatic hydroxyl groups is 1. The van der Waals surface area contributed by atoms with Crippen LogP contribution in [-0.4, -0.2) is 15.1 Å². The maximum atomic E-state index is 10.3. The minimum atomic E-state index is -0.598. The summed E-state index contributed by atoms with van der Waals surface area (Å²) in [7, 11) is 0. The van der Waals surface area contributed by atoms with E-state index in [1.165, 1.54) is 18.4 Å². The van der Waals surface area contributed by atoms with Gasteiger partial charge in [0, 0.05) is 6.20 Å². The molecule has 4 heteroatoms. The molecule has 0 aliphatic carbocycles. The number of aliphatic hydroxyl groups excluding tert-OH is 1. The lowest BCUT2D eigenvalue weighted by molar-refractivity contribution is 0.137. The summed E-state index contributed by atoms with van der Waals surface area (Å²) in [6, 6.07) is 16.1. The van der Waals surface area contributed by atoms with Crippen molar-refractivity contribution in [2.75, 3.05) is 0 Å². The van der Waals surface area contributed by atoms with E-state index in [9.17, 15) is 5.11 Å². The molecular formula is C21H24N2O2. The zero-order valence-corrected chi connectivity index (χ0v) is 14.3. The van der Waals surface area contributed by atoms with Crippen LogP contribution in [0.5, 0.6) is 0 Å². The van der Waals surface area contributed by atoms with E-state index in [1.54, 1.807) is 12.4 Å². The molecule has 0 saturated heterocycles. The number of benzene rings is 1. The Hall–Kier alpha value is -2.46. The highest BCUT2D eigenvalue weighted by molar-refractivity contribution is 5.45. The van der Waals surface area contributed by atoms with Crippen LogP contribution in [0.15, 0.2) is 65.3 Å². The lowest BCUT2D eigenvalue weighted by atomic mass is 10.0. The second-order valence-corrected chi connectivity index (χ2v) is 6.24. The highest BCUT2D eigenvalue weighted by Crippen LogP contribution is 2.24. The summed E-state index contributed by atoms with van der Waals surface area (Å²) in [5.74, 6) is 0.974. The summed E-state index contributed by atoms with van der Waals surface area (Å²) in [5, 5.41) is 10.3.